The predicted molar refractivity (Wildman–Crippen MR) is 113 cm³/mol. The first-order chi connectivity index (χ1) is 14.6. The number of rotatable bonds is 14. The predicted octanol–water partition coefficient (Wildman–Crippen LogP) is 0.479. The minimum Gasteiger partial charge on any atom is -0.464 e. The third kappa shape index (κ3) is 9.71. The van der Waals surface area contributed by atoms with Crippen molar-refractivity contribution in [3.8, 4) is 0 Å². The van der Waals surface area contributed by atoms with Crippen molar-refractivity contribution < 1.29 is 28.7 Å². The Hall–Kier alpha value is -2.78. The SMILES string of the molecule is CCOC(=O)C(NC(=O)[C@H](CCC(=O)C=N)NC(=O)[C@H](CC(C)C)NC(C)=O)C1CC1. The zero-order valence-corrected chi connectivity index (χ0v) is 18.7. The molecule has 0 bridgehead atoms. The van der Waals surface area contributed by atoms with Crippen LogP contribution in [0.1, 0.15) is 59.8 Å². The Morgan fingerprint density at radius 3 is 2.13 bits per heavy atom. The van der Waals surface area contributed by atoms with E-state index in [2.05, 4.69) is 16.0 Å². The number of carbonyl (C=O) groups excluding carboxylic acids is 5. The van der Waals surface area contributed by atoms with Gasteiger partial charge in [0.05, 0.1) is 12.8 Å². The smallest absolute Gasteiger partial charge is 0.328 e. The number of amides is 3. The van der Waals surface area contributed by atoms with Crippen LogP contribution in [0.4, 0.5) is 0 Å². The van der Waals surface area contributed by atoms with Crippen LogP contribution in [0, 0.1) is 17.2 Å². The van der Waals surface area contributed by atoms with Crippen LogP contribution in [0.3, 0.4) is 0 Å². The molecular weight excluding hydrogens is 404 g/mol. The van der Waals surface area contributed by atoms with E-state index in [0.717, 1.165) is 12.8 Å². The van der Waals surface area contributed by atoms with Gasteiger partial charge in [0.25, 0.3) is 0 Å². The molecule has 0 aromatic rings. The van der Waals surface area contributed by atoms with Crippen molar-refractivity contribution in [1.82, 2.24) is 16.0 Å². The number of hydrogen-bond donors (Lipinski definition) is 4. The molecule has 1 fully saturated rings. The van der Waals surface area contributed by atoms with E-state index in [1.54, 1.807) is 6.92 Å². The minimum absolute atomic E-state index is 0.0179. The molecule has 3 atom stereocenters. The van der Waals surface area contributed by atoms with Gasteiger partial charge in [0.1, 0.15) is 18.1 Å². The molecule has 4 N–H and O–H groups in total. The van der Waals surface area contributed by atoms with E-state index < -0.39 is 41.7 Å². The van der Waals surface area contributed by atoms with Gasteiger partial charge in [0.2, 0.25) is 17.7 Å². The molecule has 31 heavy (non-hydrogen) atoms. The third-order valence-electron chi connectivity index (χ3n) is 4.81. The number of Topliss-reactive ketones (excluding diaryl/α,β-unsaturated/α-hetero) is 1. The van der Waals surface area contributed by atoms with Crippen LogP contribution in [0.2, 0.25) is 0 Å². The van der Waals surface area contributed by atoms with Gasteiger partial charge in [0.15, 0.2) is 5.78 Å². The first kappa shape index (κ1) is 26.3. The van der Waals surface area contributed by atoms with Gasteiger partial charge in [-0.3, -0.25) is 19.2 Å². The van der Waals surface area contributed by atoms with E-state index in [4.69, 9.17) is 10.1 Å². The molecule has 3 amide bonds. The molecule has 0 aliphatic heterocycles. The van der Waals surface area contributed by atoms with Crippen LogP contribution in [0.5, 0.6) is 0 Å². The van der Waals surface area contributed by atoms with Crippen LogP contribution < -0.4 is 16.0 Å². The second-order valence-electron chi connectivity index (χ2n) is 8.17. The second-order valence-corrected chi connectivity index (χ2v) is 8.17. The summed E-state index contributed by atoms with van der Waals surface area (Å²) in [7, 11) is 0. The largest absolute Gasteiger partial charge is 0.464 e. The molecular formula is C21H34N4O6. The summed E-state index contributed by atoms with van der Waals surface area (Å²) in [5.41, 5.74) is 0. The molecule has 174 valence electrons. The minimum atomic E-state index is -1.10. The summed E-state index contributed by atoms with van der Waals surface area (Å²) in [6, 6.07) is -2.75. The Morgan fingerprint density at radius 1 is 1.03 bits per heavy atom. The molecule has 1 unspecified atom stereocenters. The van der Waals surface area contributed by atoms with Gasteiger partial charge in [-0.25, -0.2) is 4.79 Å². The summed E-state index contributed by atoms with van der Waals surface area (Å²) in [4.78, 5) is 61.0. The molecule has 0 saturated heterocycles. The second kappa shape index (κ2) is 12.8. The Labute approximate surface area is 182 Å². The molecule has 0 aromatic carbocycles. The molecule has 1 aliphatic rings. The number of ketones is 1. The summed E-state index contributed by atoms with van der Waals surface area (Å²) in [6.45, 7) is 6.95. The Bertz CT molecular complexity index is 689. The highest BCUT2D eigenvalue weighted by atomic mass is 16.5. The summed E-state index contributed by atoms with van der Waals surface area (Å²) >= 11 is 0. The van der Waals surface area contributed by atoms with E-state index in [-0.39, 0.29) is 37.2 Å². The van der Waals surface area contributed by atoms with E-state index in [1.807, 2.05) is 13.8 Å². The maximum absolute atomic E-state index is 12.9. The van der Waals surface area contributed by atoms with Crippen LogP contribution in [0.25, 0.3) is 0 Å². The van der Waals surface area contributed by atoms with Crippen molar-refractivity contribution >= 4 is 35.7 Å². The number of hydrogen-bond acceptors (Lipinski definition) is 7. The van der Waals surface area contributed by atoms with Gasteiger partial charge in [-0.05, 0) is 44.4 Å². The first-order valence-corrected chi connectivity index (χ1v) is 10.7. The van der Waals surface area contributed by atoms with E-state index in [9.17, 15) is 24.0 Å². The highest BCUT2D eigenvalue weighted by molar-refractivity contribution is 6.26. The number of ether oxygens (including phenoxy) is 1. The fourth-order valence-corrected chi connectivity index (χ4v) is 3.13. The number of carbonyl (C=O) groups is 5. The summed E-state index contributed by atoms with van der Waals surface area (Å²) in [5, 5.41) is 14.9. The quantitative estimate of drug-likeness (QED) is 0.228. The van der Waals surface area contributed by atoms with E-state index in [1.165, 1.54) is 6.92 Å². The van der Waals surface area contributed by atoms with Gasteiger partial charge < -0.3 is 26.1 Å². The van der Waals surface area contributed by atoms with Crippen molar-refractivity contribution in [2.75, 3.05) is 6.61 Å². The fourth-order valence-electron chi connectivity index (χ4n) is 3.13. The molecule has 0 heterocycles. The maximum Gasteiger partial charge on any atom is 0.328 e. The van der Waals surface area contributed by atoms with Gasteiger partial charge in [0, 0.05) is 13.3 Å². The highest BCUT2D eigenvalue weighted by Crippen LogP contribution is 2.33. The Balaban J connectivity index is 2.94. The van der Waals surface area contributed by atoms with Crippen molar-refractivity contribution in [3.63, 3.8) is 0 Å². The van der Waals surface area contributed by atoms with Crippen LogP contribution in [-0.4, -0.2) is 60.4 Å². The van der Waals surface area contributed by atoms with Gasteiger partial charge >= 0.3 is 5.97 Å². The molecule has 10 nitrogen and oxygen atoms in total. The zero-order valence-electron chi connectivity index (χ0n) is 18.7. The zero-order chi connectivity index (χ0) is 23.6. The summed E-state index contributed by atoms with van der Waals surface area (Å²) in [6.07, 6.45) is 2.43. The normalized spacial score (nSPS) is 15.9. The van der Waals surface area contributed by atoms with E-state index >= 15 is 0 Å². The fraction of sp³-hybridized carbons (Fsp3) is 0.714. The third-order valence-corrected chi connectivity index (χ3v) is 4.81. The van der Waals surface area contributed by atoms with Gasteiger partial charge in [-0.15, -0.1) is 0 Å². The lowest BCUT2D eigenvalue weighted by Gasteiger charge is -2.25. The average Bonchev–Trinajstić information content (AvgIpc) is 3.52. The van der Waals surface area contributed by atoms with Crippen molar-refractivity contribution in [2.45, 2.75) is 77.9 Å². The van der Waals surface area contributed by atoms with Gasteiger partial charge in [-0.2, -0.15) is 0 Å². The standard InChI is InChI=1S/C21H34N4O6/c1-5-31-21(30)18(14-6-7-14)25-19(28)16(9-8-15(27)11-22)24-20(29)17(10-12(2)3)23-13(4)26/h11-12,14,16-18,22H,5-10H2,1-4H3,(H,23,26)(H,24,29)(H,25,28)/t16-,17-,18?/m0/s1. The topological polar surface area (TPSA) is 155 Å². The average molecular weight is 439 g/mol. The molecule has 10 heteroatoms. The first-order valence-electron chi connectivity index (χ1n) is 10.7. The Kier molecular flexibility index (Phi) is 10.8. The molecule has 1 aliphatic carbocycles. The monoisotopic (exact) mass is 438 g/mol. The molecule has 1 rings (SSSR count). The maximum atomic E-state index is 12.9. The highest BCUT2D eigenvalue weighted by Gasteiger charge is 2.39. The lowest BCUT2D eigenvalue weighted by molar-refractivity contribution is -0.148. The van der Waals surface area contributed by atoms with E-state index in [0.29, 0.717) is 12.6 Å². The van der Waals surface area contributed by atoms with Crippen molar-refractivity contribution in [2.24, 2.45) is 11.8 Å². The number of nitrogens with one attached hydrogen (secondary N) is 4. The molecule has 1 saturated carbocycles. The Morgan fingerprint density at radius 2 is 1.65 bits per heavy atom. The lowest BCUT2D eigenvalue weighted by atomic mass is 10.0. The van der Waals surface area contributed by atoms with Gasteiger partial charge in [-0.1, -0.05) is 13.8 Å². The molecule has 0 spiro atoms. The van der Waals surface area contributed by atoms with Crippen LogP contribution >= 0.6 is 0 Å². The summed E-state index contributed by atoms with van der Waals surface area (Å²) < 4.78 is 5.04. The lowest BCUT2D eigenvalue weighted by Crippen LogP contribution is -2.56. The molecule has 0 aromatic heterocycles. The summed E-state index contributed by atoms with van der Waals surface area (Å²) in [5.74, 6) is -2.47. The van der Waals surface area contributed by atoms with Crippen LogP contribution in [0.15, 0.2) is 0 Å². The van der Waals surface area contributed by atoms with Crippen molar-refractivity contribution in [1.29, 1.82) is 5.41 Å². The molecule has 0 radical (unpaired) electrons. The number of esters is 1. The van der Waals surface area contributed by atoms with Crippen LogP contribution in [-0.2, 0) is 28.7 Å². The van der Waals surface area contributed by atoms with Crippen molar-refractivity contribution in [3.05, 3.63) is 0 Å².